The molecule has 3 atom stereocenters. The first kappa shape index (κ1) is 45.3. The van der Waals surface area contributed by atoms with Crippen molar-refractivity contribution in [3.05, 3.63) is 88.8 Å². The zero-order chi connectivity index (χ0) is 43.2. The molecule has 2 heterocycles. The number of nitrogens with zero attached hydrogens (tertiary/aromatic N) is 4. The third kappa shape index (κ3) is 12.3. The molecule has 308 valence electrons. The van der Waals surface area contributed by atoms with Crippen LogP contribution in [0, 0.1) is 28.6 Å². The van der Waals surface area contributed by atoms with Crippen LogP contribution in [0.15, 0.2) is 76.4 Å². The Morgan fingerprint density at radius 1 is 0.915 bits per heavy atom. The van der Waals surface area contributed by atoms with E-state index in [2.05, 4.69) is 33.2 Å². The number of thioether (sulfide) groups is 1. The fourth-order valence-corrected chi connectivity index (χ4v) is 6.28. The van der Waals surface area contributed by atoms with Gasteiger partial charge in [0.1, 0.15) is 65.9 Å². The SMILES string of the molecule is C=C(C)C(NC(=O)CN)C(=O)OCC(COc1ccc(-c2c(C#N)c(N)nc(SCc3coc(-c4ccc(Cl)cc4)n3)c2C#N)cc1)OC(=O)C(NC(=O)CN)C(C)C. The van der Waals surface area contributed by atoms with E-state index < -0.39 is 54.5 Å². The first-order chi connectivity index (χ1) is 28.2. The highest BCUT2D eigenvalue weighted by Crippen LogP contribution is 2.37. The number of nitrogen functional groups attached to an aromatic ring is 1. The van der Waals surface area contributed by atoms with Crippen LogP contribution in [0.5, 0.6) is 5.75 Å². The molecular weight excluding hydrogens is 802 g/mol. The number of nitrogens with two attached hydrogens (primary N) is 3. The molecule has 2 aromatic carbocycles. The number of pyridine rings is 1. The van der Waals surface area contributed by atoms with Gasteiger partial charge >= 0.3 is 11.9 Å². The molecule has 8 N–H and O–H groups in total. The lowest BCUT2D eigenvalue weighted by Gasteiger charge is -2.25. The average molecular weight is 844 g/mol. The van der Waals surface area contributed by atoms with Gasteiger partial charge in [-0.15, -0.1) is 0 Å². The van der Waals surface area contributed by atoms with Crippen molar-refractivity contribution in [1.82, 2.24) is 20.6 Å². The zero-order valence-corrected chi connectivity index (χ0v) is 33.9. The highest BCUT2D eigenvalue weighted by atomic mass is 35.5. The second-order valence-corrected chi connectivity index (χ2v) is 14.6. The second-order valence-electron chi connectivity index (χ2n) is 13.2. The van der Waals surface area contributed by atoms with Crippen molar-refractivity contribution < 1.29 is 37.8 Å². The molecule has 0 bridgehead atoms. The Kier molecular flexibility index (Phi) is 16.4. The standard InChI is InChI=1S/C40H42ClN9O8S/c1-21(2)34(48-31(51)15-44)39(53)57-19-28(58-40(54)35(22(3)4)49-32(52)16-45)18-55-27-11-7-23(8-12-27)33-29(13-42)36(46)50-38(30(33)14-43)59-20-26-17-56-37(47-26)24-5-9-25(41)10-6-24/h5-12,17,22,28,34-35H,1,15-16,18-20,44-45H2,2-4H3,(H2,46,50)(H,48,51)(H,49,52). The maximum absolute atomic E-state index is 13.3. The van der Waals surface area contributed by atoms with Gasteiger partial charge in [0.2, 0.25) is 17.7 Å². The molecule has 4 rings (SSSR count). The van der Waals surface area contributed by atoms with E-state index in [1.807, 2.05) is 6.07 Å². The minimum Gasteiger partial charge on any atom is -0.490 e. The smallest absolute Gasteiger partial charge is 0.333 e. The minimum absolute atomic E-state index is 0.00280. The van der Waals surface area contributed by atoms with Crippen LogP contribution in [0.4, 0.5) is 5.82 Å². The van der Waals surface area contributed by atoms with Crippen LogP contribution in [-0.2, 0) is 34.4 Å². The normalized spacial score (nSPS) is 12.3. The van der Waals surface area contributed by atoms with E-state index in [1.165, 1.54) is 24.9 Å². The molecule has 3 unspecified atom stereocenters. The molecule has 4 aromatic rings. The summed E-state index contributed by atoms with van der Waals surface area (Å²) in [5.41, 5.74) is 19.4. The van der Waals surface area contributed by atoms with Gasteiger partial charge < -0.3 is 46.5 Å². The van der Waals surface area contributed by atoms with Crippen molar-refractivity contribution in [2.75, 3.05) is 32.0 Å². The molecule has 59 heavy (non-hydrogen) atoms. The van der Waals surface area contributed by atoms with E-state index in [4.69, 9.17) is 47.4 Å². The Balaban J connectivity index is 1.55. The lowest BCUT2D eigenvalue weighted by atomic mass is 9.97. The number of esters is 2. The van der Waals surface area contributed by atoms with Crippen molar-refractivity contribution in [3.63, 3.8) is 0 Å². The molecule has 0 saturated heterocycles. The first-order valence-electron chi connectivity index (χ1n) is 17.9. The number of carbonyl (C=O) groups excluding carboxylic acids is 4. The molecule has 0 spiro atoms. The molecule has 17 nitrogen and oxygen atoms in total. The largest absolute Gasteiger partial charge is 0.490 e. The van der Waals surface area contributed by atoms with Crippen LogP contribution in [0.1, 0.15) is 37.6 Å². The van der Waals surface area contributed by atoms with Crippen LogP contribution >= 0.6 is 23.4 Å². The van der Waals surface area contributed by atoms with Crippen molar-refractivity contribution in [2.45, 2.75) is 49.7 Å². The van der Waals surface area contributed by atoms with Gasteiger partial charge in [-0.1, -0.05) is 55.9 Å². The molecule has 0 aliphatic rings. The number of oxazole rings is 1. The second kappa shape index (κ2) is 21.4. The zero-order valence-electron chi connectivity index (χ0n) is 32.3. The van der Waals surface area contributed by atoms with E-state index in [1.54, 1.807) is 62.4 Å². The van der Waals surface area contributed by atoms with Gasteiger partial charge in [0.05, 0.1) is 24.3 Å². The molecule has 0 saturated carbocycles. The first-order valence-corrected chi connectivity index (χ1v) is 19.3. The third-order valence-corrected chi connectivity index (χ3v) is 9.59. The van der Waals surface area contributed by atoms with Crippen LogP contribution in [0.3, 0.4) is 0 Å². The number of nitrogens with one attached hydrogen (secondary N) is 2. The Morgan fingerprint density at radius 2 is 1.54 bits per heavy atom. The number of carbonyl (C=O) groups is 4. The highest BCUT2D eigenvalue weighted by Gasteiger charge is 2.30. The highest BCUT2D eigenvalue weighted by molar-refractivity contribution is 7.98. The predicted octanol–water partition coefficient (Wildman–Crippen LogP) is 3.63. The number of ether oxygens (including phenoxy) is 3. The molecule has 0 fully saturated rings. The van der Waals surface area contributed by atoms with E-state index >= 15 is 0 Å². The Morgan fingerprint density at radius 3 is 2.14 bits per heavy atom. The number of aromatic nitrogens is 2. The number of hydrogen-bond acceptors (Lipinski definition) is 16. The Hall–Kier alpha value is -6.44. The quantitative estimate of drug-likeness (QED) is 0.0512. The fraction of sp³-hybridized carbons (Fsp3) is 0.300. The molecular formula is C40H42ClN9O8S. The maximum Gasteiger partial charge on any atom is 0.333 e. The van der Waals surface area contributed by atoms with Gasteiger partial charge in [0.25, 0.3) is 0 Å². The van der Waals surface area contributed by atoms with Gasteiger partial charge in [-0.25, -0.2) is 19.6 Å². The summed E-state index contributed by atoms with van der Waals surface area (Å²) in [7, 11) is 0. The summed E-state index contributed by atoms with van der Waals surface area (Å²) >= 11 is 7.18. The van der Waals surface area contributed by atoms with Crippen LogP contribution in [0.2, 0.25) is 5.02 Å². The van der Waals surface area contributed by atoms with Gasteiger partial charge in [0.15, 0.2) is 6.10 Å². The summed E-state index contributed by atoms with van der Waals surface area (Å²) in [5.74, 6) is -2.48. The summed E-state index contributed by atoms with van der Waals surface area (Å²) < 4.78 is 22.6. The average Bonchev–Trinajstić information content (AvgIpc) is 3.70. The van der Waals surface area contributed by atoms with Crippen LogP contribution < -0.4 is 32.6 Å². The van der Waals surface area contributed by atoms with Gasteiger partial charge in [0, 0.05) is 21.9 Å². The summed E-state index contributed by atoms with van der Waals surface area (Å²) in [5, 5.41) is 26.1. The van der Waals surface area contributed by atoms with E-state index in [0.29, 0.717) is 22.2 Å². The lowest BCUT2D eigenvalue weighted by molar-refractivity contribution is -0.164. The van der Waals surface area contributed by atoms with E-state index in [0.717, 1.165) is 5.56 Å². The molecule has 2 amide bonds. The van der Waals surface area contributed by atoms with Crippen molar-refractivity contribution in [3.8, 4) is 40.5 Å². The third-order valence-electron chi connectivity index (χ3n) is 8.33. The molecule has 0 aliphatic carbocycles. The van der Waals surface area contributed by atoms with Crippen molar-refractivity contribution in [1.29, 1.82) is 10.5 Å². The molecule has 19 heteroatoms. The van der Waals surface area contributed by atoms with Crippen LogP contribution in [0.25, 0.3) is 22.6 Å². The van der Waals surface area contributed by atoms with Gasteiger partial charge in [-0.05, 0) is 60.4 Å². The number of hydrogen-bond donors (Lipinski definition) is 5. The number of anilines is 1. The minimum atomic E-state index is -1.23. The van der Waals surface area contributed by atoms with Crippen molar-refractivity contribution >= 4 is 52.9 Å². The summed E-state index contributed by atoms with van der Waals surface area (Å²) in [6, 6.07) is 15.2. The van der Waals surface area contributed by atoms with Crippen molar-refractivity contribution in [2.24, 2.45) is 17.4 Å². The van der Waals surface area contributed by atoms with Gasteiger partial charge in [-0.3, -0.25) is 9.59 Å². The maximum atomic E-state index is 13.3. The number of nitriles is 2. The number of amides is 2. The number of rotatable bonds is 19. The summed E-state index contributed by atoms with van der Waals surface area (Å²) in [6.07, 6.45) is 0.287. The number of benzene rings is 2. The summed E-state index contributed by atoms with van der Waals surface area (Å²) in [4.78, 5) is 59.1. The monoisotopic (exact) mass is 843 g/mol. The topological polar surface area (TPSA) is 285 Å². The Labute approximate surface area is 349 Å². The molecule has 0 radical (unpaired) electrons. The fourth-order valence-electron chi connectivity index (χ4n) is 5.28. The summed E-state index contributed by atoms with van der Waals surface area (Å²) in [6.45, 7) is 7.02. The number of halogens is 1. The van der Waals surface area contributed by atoms with E-state index in [-0.39, 0.29) is 64.3 Å². The van der Waals surface area contributed by atoms with E-state index in [9.17, 15) is 29.7 Å². The Bertz CT molecular complexity index is 2250. The predicted molar refractivity (Wildman–Crippen MR) is 218 cm³/mol. The van der Waals surface area contributed by atoms with Crippen LogP contribution in [-0.4, -0.2) is 78.2 Å². The molecule has 0 aliphatic heterocycles. The lowest BCUT2D eigenvalue weighted by Crippen LogP contribution is -2.49. The molecule has 2 aromatic heterocycles. The van der Waals surface area contributed by atoms with Gasteiger partial charge in [-0.2, -0.15) is 10.5 Å².